The Morgan fingerprint density at radius 2 is 2.03 bits per heavy atom. The van der Waals surface area contributed by atoms with Crippen LogP contribution in [-0.2, 0) is 0 Å². The van der Waals surface area contributed by atoms with Gasteiger partial charge in [0.2, 0.25) is 0 Å². The number of rotatable bonds is 8. The molecular formula is C21H21Cl2N3O4. The first-order valence-corrected chi connectivity index (χ1v) is 9.87. The Labute approximate surface area is 184 Å². The highest BCUT2D eigenvalue weighted by atomic mass is 35.5. The van der Waals surface area contributed by atoms with E-state index in [-0.39, 0.29) is 6.61 Å². The molecule has 2 aromatic rings. The van der Waals surface area contributed by atoms with E-state index in [0.717, 1.165) is 0 Å². The second kappa shape index (κ2) is 10.2. The number of β-amino-alcohol motifs (C(OH)–C–C–N with tert-alkyl or cyclic N) is 1. The van der Waals surface area contributed by atoms with Gasteiger partial charge in [0.25, 0.3) is 0 Å². The summed E-state index contributed by atoms with van der Waals surface area (Å²) < 4.78 is 11.5. The predicted octanol–water partition coefficient (Wildman–Crippen LogP) is 4.02. The molecule has 1 heterocycles. The number of hydrogen-bond donors (Lipinski definition) is 3. The standard InChI is InChI=1S/C21H21Cl2N3O4/c22-17-8-7-15(10-18(17)23)30-16-4-3-9-26(12-16)11-14(27)13-29-20-6-2-1-5-19(20)25-21(24)28/h1-10,14,27H,11-13H2,(H3,24,25,28). The summed E-state index contributed by atoms with van der Waals surface area (Å²) in [6.45, 7) is 0.826. The van der Waals surface area contributed by atoms with Crippen LogP contribution in [0, 0.1) is 0 Å². The number of carbonyl (C=O) groups excluding carboxylic acids is 1. The fourth-order valence-electron chi connectivity index (χ4n) is 2.80. The van der Waals surface area contributed by atoms with Crippen LogP contribution < -0.4 is 20.5 Å². The van der Waals surface area contributed by atoms with Gasteiger partial charge in [0.15, 0.2) is 0 Å². The summed E-state index contributed by atoms with van der Waals surface area (Å²) in [7, 11) is 0. The summed E-state index contributed by atoms with van der Waals surface area (Å²) in [6.07, 6.45) is 4.75. The SMILES string of the molecule is NC(=O)Nc1ccccc1OCC(O)CN1C=CC=C(Oc2ccc(Cl)c(Cl)c2)C1. The molecule has 30 heavy (non-hydrogen) atoms. The molecule has 7 nitrogen and oxygen atoms in total. The number of ether oxygens (including phenoxy) is 2. The molecule has 0 spiro atoms. The Bertz CT molecular complexity index is 965. The monoisotopic (exact) mass is 449 g/mol. The van der Waals surface area contributed by atoms with E-state index in [1.165, 1.54) is 0 Å². The molecule has 3 rings (SSSR count). The minimum atomic E-state index is -0.777. The molecule has 0 saturated carbocycles. The molecule has 4 N–H and O–H groups in total. The fraction of sp³-hybridized carbons (Fsp3) is 0.190. The van der Waals surface area contributed by atoms with Crippen molar-refractivity contribution in [2.75, 3.05) is 25.0 Å². The molecule has 2 aromatic carbocycles. The van der Waals surface area contributed by atoms with Crippen molar-refractivity contribution in [1.29, 1.82) is 0 Å². The van der Waals surface area contributed by atoms with Gasteiger partial charge in [-0.3, -0.25) is 0 Å². The lowest BCUT2D eigenvalue weighted by molar-refractivity contribution is 0.0818. The smallest absolute Gasteiger partial charge is 0.316 e. The third-order valence-corrected chi connectivity index (χ3v) is 4.84. The Kier molecular flexibility index (Phi) is 7.46. The van der Waals surface area contributed by atoms with E-state index in [4.69, 9.17) is 38.4 Å². The number of allylic oxidation sites excluding steroid dienone is 2. The molecule has 1 aliphatic rings. The zero-order valence-corrected chi connectivity index (χ0v) is 17.4. The van der Waals surface area contributed by atoms with Gasteiger partial charge in [-0.1, -0.05) is 35.3 Å². The number of urea groups is 1. The van der Waals surface area contributed by atoms with E-state index in [9.17, 15) is 9.90 Å². The first-order valence-electron chi connectivity index (χ1n) is 9.11. The molecule has 0 aliphatic carbocycles. The Morgan fingerprint density at radius 1 is 1.23 bits per heavy atom. The van der Waals surface area contributed by atoms with E-state index in [2.05, 4.69) is 5.32 Å². The van der Waals surface area contributed by atoms with Gasteiger partial charge in [-0.2, -0.15) is 0 Å². The second-order valence-corrected chi connectivity index (χ2v) is 7.35. The van der Waals surface area contributed by atoms with Crippen LogP contribution in [0.4, 0.5) is 10.5 Å². The number of benzene rings is 2. The molecule has 158 valence electrons. The minimum Gasteiger partial charge on any atom is -0.489 e. The van der Waals surface area contributed by atoms with Gasteiger partial charge in [0.1, 0.15) is 30.0 Å². The fourth-order valence-corrected chi connectivity index (χ4v) is 3.09. The van der Waals surface area contributed by atoms with Gasteiger partial charge < -0.3 is 30.5 Å². The van der Waals surface area contributed by atoms with Gasteiger partial charge >= 0.3 is 6.03 Å². The van der Waals surface area contributed by atoms with Crippen LogP contribution in [0.1, 0.15) is 0 Å². The van der Waals surface area contributed by atoms with Crippen LogP contribution in [0.3, 0.4) is 0 Å². The number of nitrogens with one attached hydrogen (secondary N) is 1. The minimum absolute atomic E-state index is 0.0362. The molecule has 1 atom stereocenters. The van der Waals surface area contributed by atoms with Gasteiger partial charge in [0.05, 0.1) is 22.3 Å². The summed E-state index contributed by atoms with van der Waals surface area (Å²) >= 11 is 11.9. The third kappa shape index (κ3) is 6.32. The zero-order chi connectivity index (χ0) is 21.5. The highest BCUT2D eigenvalue weighted by molar-refractivity contribution is 6.42. The van der Waals surface area contributed by atoms with Crippen molar-refractivity contribution in [1.82, 2.24) is 4.90 Å². The summed E-state index contributed by atoms with van der Waals surface area (Å²) in [5, 5.41) is 13.7. The van der Waals surface area contributed by atoms with E-state index < -0.39 is 12.1 Å². The third-order valence-electron chi connectivity index (χ3n) is 4.10. The maximum atomic E-state index is 11.1. The maximum Gasteiger partial charge on any atom is 0.316 e. The molecule has 2 amide bonds. The molecule has 9 heteroatoms. The maximum absolute atomic E-state index is 11.1. The number of aliphatic hydroxyl groups is 1. The van der Waals surface area contributed by atoms with Crippen LogP contribution in [-0.4, -0.2) is 41.8 Å². The molecule has 0 aromatic heterocycles. The van der Waals surface area contributed by atoms with Crippen molar-refractivity contribution in [3.05, 3.63) is 76.6 Å². The normalized spacial score (nSPS) is 14.1. The Hall–Kier alpha value is -2.87. The van der Waals surface area contributed by atoms with Gasteiger partial charge in [-0.05, 0) is 42.6 Å². The molecule has 0 saturated heterocycles. The quantitative estimate of drug-likeness (QED) is 0.565. The van der Waals surface area contributed by atoms with Crippen LogP contribution in [0.2, 0.25) is 10.0 Å². The number of halogens is 2. The van der Waals surface area contributed by atoms with Crippen LogP contribution in [0.25, 0.3) is 0 Å². The number of amides is 2. The molecule has 0 radical (unpaired) electrons. The molecule has 0 bridgehead atoms. The number of aliphatic hydroxyl groups excluding tert-OH is 1. The topological polar surface area (TPSA) is 97.1 Å². The van der Waals surface area contributed by atoms with Crippen molar-refractivity contribution >= 4 is 34.9 Å². The van der Waals surface area contributed by atoms with Crippen LogP contribution in [0.15, 0.2) is 66.6 Å². The number of hydrogen-bond acceptors (Lipinski definition) is 5. The average Bonchev–Trinajstić information content (AvgIpc) is 2.70. The molecule has 0 fully saturated rings. The Balaban J connectivity index is 1.51. The first-order chi connectivity index (χ1) is 14.4. The number of carbonyl (C=O) groups is 1. The average molecular weight is 450 g/mol. The zero-order valence-electron chi connectivity index (χ0n) is 15.9. The van der Waals surface area contributed by atoms with E-state index in [1.54, 1.807) is 42.5 Å². The van der Waals surface area contributed by atoms with Crippen LogP contribution >= 0.6 is 23.2 Å². The highest BCUT2D eigenvalue weighted by Crippen LogP contribution is 2.28. The van der Waals surface area contributed by atoms with Crippen molar-refractivity contribution in [3.63, 3.8) is 0 Å². The highest BCUT2D eigenvalue weighted by Gasteiger charge is 2.16. The lowest BCUT2D eigenvalue weighted by atomic mass is 10.2. The largest absolute Gasteiger partial charge is 0.489 e. The van der Waals surface area contributed by atoms with Gasteiger partial charge in [-0.25, -0.2) is 4.79 Å². The summed E-state index contributed by atoms with van der Waals surface area (Å²) in [5.74, 6) is 1.70. The van der Waals surface area contributed by atoms with Crippen molar-refractivity contribution < 1.29 is 19.4 Å². The number of nitrogens with zero attached hydrogens (tertiary/aromatic N) is 1. The van der Waals surface area contributed by atoms with Gasteiger partial charge in [-0.15, -0.1) is 0 Å². The summed E-state index contributed by atoms with van der Waals surface area (Å²) in [5.41, 5.74) is 5.60. The molecular weight excluding hydrogens is 429 g/mol. The molecule has 1 aliphatic heterocycles. The van der Waals surface area contributed by atoms with Crippen molar-refractivity contribution in [2.45, 2.75) is 6.10 Å². The second-order valence-electron chi connectivity index (χ2n) is 6.53. The van der Waals surface area contributed by atoms with E-state index in [1.807, 2.05) is 23.3 Å². The lowest BCUT2D eigenvalue weighted by Crippen LogP contribution is -2.35. The molecule has 1 unspecified atom stereocenters. The number of para-hydroxylation sites is 2. The lowest BCUT2D eigenvalue weighted by Gasteiger charge is -2.27. The predicted molar refractivity (Wildman–Crippen MR) is 117 cm³/mol. The number of anilines is 1. The van der Waals surface area contributed by atoms with E-state index >= 15 is 0 Å². The van der Waals surface area contributed by atoms with Crippen LogP contribution in [0.5, 0.6) is 11.5 Å². The van der Waals surface area contributed by atoms with E-state index in [0.29, 0.717) is 46.1 Å². The first kappa shape index (κ1) is 21.8. The van der Waals surface area contributed by atoms with Crippen molar-refractivity contribution in [2.24, 2.45) is 5.73 Å². The number of nitrogens with two attached hydrogens (primary N) is 1. The van der Waals surface area contributed by atoms with Gasteiger partial charge in [0, 0.05) is 12.6 Å². The Morgan fingerprint density at radius 3 is 2.80 bits per heavy atom. The number of primary amides is 1. The van der Waals surface area contributed by atoms with Crippen molar-refractivity contribution in [3.8, 4) is 11.5 Å². The summed E-state index contributed by atoms with van der Waals surface area (Å²) in [6, 6.07) is 11.2. The summed E-state index contributed by atoms with van der Waals surface area (Å²) in [4.78, 5) is 13.0.